The maximum absolute atomic E-state index is 16.0. The molecule has 9 nitrogen and oxygen atoms in total. The van der Waals surface area contributed by atoms with E-state index < -0.39 is 11.6 Å². The summed E-state index contributed by atoms with van der Waals surface area (Å²) in [5.41, 5.74) is 4.58. The summed E-state index contributed by atoms with van der Waals surface area (Å²) < 4.78 is 44.2. The Kier molecular flexibility index (Phi) is 8.94. The molecule has 1 amide bonds. The topological polar surface area (TPSA) is 85.6 Å². The fourth-order valence-corrected chi connectivity index (χ4v) is 6.77. The number of carbonyl (C=O) groups is 1. The monoisotopic (exact) mass is 644 g/mol. The van der Waals surface area contributed by atoms with Gasteiger partial charge in [0.25, 0.3) is 0 Å². The van der Waals surface area contributed by atoms with Crippen LogP contribution in [0.2, 0.25) is 0 Å². The maximum atomic E-state index is 16.0. The van der Waals surface area contributed by atoms with Crippen LogP contribution in [0.3, 0.4) is 0 Å². The van der Waals surface area contributed by atoms with Crippen molar-refractivity contribution in [2.24, 2.45) is 0 Å². The van der Waals surface area contributed by atoms with Crippen LogP contribution in [-0.2, 0) is 22.6 Å². The van der Waals surface area contributed by atoms with Gasteiger partial charge in [-0.3, -0.25) is 14.5 Å². The average Bonchev–Trinajstić information content (AvgIpc) is 3.69. The molecule has 1 aliphatic rings. The number of benzene rings is 1. The highest BCUT2D eigenvalue weighted by molar-refractivity contribution is 7.18. The normalized spacial score (nSPS) is 14.6. The largest absolute Gasteiger partial charge is 0.490 e. The highest BCUT2D eigenvalue weighted by Crippen LogP contribution is 2.47. The molecule has 4 aromatic heterocycles. The first kappa shape index (κ1) is 31.5. The molecule has 0 N–H and O–H groups in total. The number of hydrogen-bond acceptors (Lipinski definition) is 8. The summed E-state index contributed by atoms with van der Waals surface area (Å²) in [4.78, 5) is 26.2. The van der Waals surface area contributed by atoms with Crippen molar-refractivity contribution in [2.75, 3.05) is 41.0 Å². The van der Waals surface area contributed by atoms with Crippen LogP contribution in [-0.4, -0.2) is 76.4 Å². The Hall–Kier alpha value is -4.52. The Morgan fingerprint density at radius 2 is 1.96 bits per heavy atom. The summed E-state index contributed by atoms with van der Waals surface area (Å²) in [5.74, 6) is -1.68. The average molecular weight is 645 g/mol. The van der Waals surface area contributed by atoms with Gasteiger partial charge in [0.05, 0.1) is 41.8 Å². The van der Waals surface area contributed by atoms with Crippen LogP contribution < -0.4 is 4.74 Å². The van der Waals surface area contributed by atoms with Gasteiger partial charge < -0.3 is 19.3 Å². The molecular weight excluding hydrogens is 610 g/mol. The summed E-state index contributed by atoms with van der Waals surface area (Å²) >= 11 is 1.42. The lowest BCUT2D eigenvalue weighted by Crippen LogP contribution is -2.40. The van der Waals surface area contributed by atoms with E-state index in [1.807, 2.05) is 60.2 Å². The molecule has 5 aromatic rings. The first-order valence-corrected chi connectivity index (χ1v) is 15.7. The van der Waals surface area contributed by atoms with Gasteiger partial charge in [0.2, 0.25) is 5.91 Å². The van der Waals surface area contributed by atoms with E-state index in [1.54, 1.807) is 11.1 Å². The lowest BCUT2D eigenvalue weighted by molar-refractivity contribution is -0.129. The lowest BCUT2D eigenvalue weighted by atomic mass is 9.96. The Bertz CT molecular complexity index is 1920. The minimum Gasteiger partial charge on any atom is -0.490 e. The number of rotatable bonds is 10. The molecule has 238 valence electrons. The molecular formula is C34H34F2N6O3S. The van der Waals surface area contributed by atoms with Crippen molar-refractivity contribution < 1.29 is 23.0 Å². The molecule has 1 aliphatic heterocycles. The Morgan fingerprint density at radius 1 is 1.13 bits per heavy atom. The van der Waals surface area contributed by atoms with Gasteiger partial charge in [0.1, 0.15) is 35.4 Å². The molecule has 1 atom stereocenters. The number of nitrogens with zero attached hydrogens (tertiary/aromatic N) is 6. The number of hydrogen-bond donors (Lipinski definition) is 0. The predicted octanol–water partition coefficient (Wildman–Crippen LogP) is 6.34. The SMILES string of the molecule is C=CC(=O)N1CCn2nc(-c3nc(-c4ccc(CN(C)C)nc4)c4ccsc4c3-c3c(F)cc(F)cc3OCCOC)cc2C1C. The zero-order chi connectivity index (χ0) is 32.5. The number of fused-ring (bicyclic) bond motifs is 2. The Balaban J connectivity index is 1.60. The molecule has 46 heavy (non-hydrogen) atoms. The highest BCUT2D eigenvalue weighted by atomic mass is 32.1. The van der Waals surface area contributed by atoms with Crippen molar-refractivity contribution in [3.8, 4) is 39.5 Å². The summed E-state index contributed by atoms with van der Waals surface area (Å²) in [6.07, 6.45) is 3.10. The van der Waals surface area contributed by atoms with Crippen LogP contribution in [0, 0.1) is 11.6 Å². The number of methoxy groups -OCH3 is 1. The van der Waals surface area contributed by atoms with Gasteiger partial charge in [-0.15, -0.1) is 11.3 Å². The van der Waals surface area contributed by atoms with E-state index in [2.05, 4.69) is 11.6 Å². The number of carbonyl (C=O) groups excluding carboxylic acids is 1. The smallest absolute Gasteiger partial charge is 0.246 e. The Morgan fingerprint density at radius 3 is 2.67 bits per heavy atom. The molecule has 0 aliphatic carbocycles. The van der Waals surface area contributed by atoms with Gasteiger partial charge in [-0.25, -0.2) is 13.8 Å². The maximum Gasteiger partial charge on any atom is 0.246 e. The fourth-order valence-electron chi connectivity index (χ4n) is 5.82. The number of amides is 1. The second-order valence-electron chi connectivity index (χ2n) is 11.3. The quantitative estimate of drug-likeness (QED) is 0.130. The van der Waals surface area contributed by atoms with E-state index in [9.17, 15) is 9.18 Å². The summed E-state index contributed by atoms with van der Waals surface area (Å²) in [7, 11) is 5.49. The number of ether oxygens (including phenoxy) is 2. The van der Waals surface area contributed by atoms with Crippen LogP contribution in [0.5, 0.6) is 5.75 Å². The van der Waals surface area contributed by atoms with E-state index in [4.69, 9.17) is 19.6 Å². The zero-order valence-corrected chi connectivity index (χ0v) is 26.9. The summed E-state index contributed by atoms with van der Waals surface area (Å²) in [6.45, 7) is 7.52. The molecule has 0 saturated carbocycles. The third-order valence-electron chi connectivity index (χ3n) is 7.96. The first-order valence-electron chi connectivity index (χ1n) is 14.8. The van der Waals surface area contributed by atoms with Crippen molar-refractivity contribution >= 4 is 27.3 Å². The van der Waals surface area contributed by atoms with Crippen LogP contribution in [0.15, 0.2) is 60.6 Å². The standard InChI is InChI=1S/C34H34F2N6O3S/c1-6-29(43)41-10-11-42-27(20(41)2)17-26(39-42)33-31(30-25(36)15-22(35)16-28(30)45-13-12-44-5)34-24(9-14-46-34)32(38-33)21-7-8-23(37-18-21)19-40(3)4/h6-9,14-18,20H,1,10-13,19H2,2-5H3. The minimum absolute atomic E-state index is 0.0369. The fraction of sp³-hybridized carbons (Fsp3) is 0.294. The summed E-state index contributed by atoms with van der Waals surface area (Å²) in [5, 5.41) is 7.63. The first-order chi connectivity index (χ1) is 22.2. The molecule has 0 radical (unpaired) electrons. The minimum atomic E-state index is -0.785. The molecule has 0 bridgehead atoms. The molecule has 5 heterocycles. The number of aromatic nitrogens is 4. The number of thiophene rings is 1. The second-order valence-corrected chi connectivity index (χ2v) is 12.2. The van der Waals surface area contributed by atoms with Crippen LogP contribution in [0.25, 0.3) is 43.9 Å². The van der Waals surface area contributed by atoms with E-state index in [0.717, 1.165) is 33.1 Å². The van der Waals surface area contributed by atoms with Crippen LogP contribution in [0.1, 0.15) is 24.4 Å². The molecule has 0 spiro atoms. The van der Waals surface area contributed by atoms with E-state index >= 15 is 4.39 Å². The molecule has 6 rings (SSSR count). The van der Waals surface area contributed by atoms with Crippen molar-refractivity contribution in [3.05, 3.63) is 83.7 Å². The number of halogens is 2. The van der Waals surface area contributed by atoms with Crippen molar-refractivity contribution in [2.45, 2.75) is 26.1 Å². The summed E-state index contributed by atoms with van der Waals surface area (Å²) in [6, 6.07) is 9.51. The Labute approximate surface area is 269 Å². The van der Waals surface area contributed by atoms with Crippen molar-refractivity contribution in [1.29, 1.82) is 0 Å². The van der Waals surface area contributed by atoms with E-state index in [1.165, 1.54) is 30.6 Å². The van der Waals surface area contributed by atoms with Gasteiger partial charge in [-0.1, -0.05) is 6.58 Å². The molecule has 12 heteroatoms. The predicted molar refractivity (Wildman–Crippen MR) is 175 cm³/mol. The van der Waals surface area contributed by atoms with Gasteiger partial charge in [0.15, 0.2) is 0 Å². The number of pyridine rings is 2. The van der Waals surface area contributed by atoms with Crippen LogP contribution >= 0.6 is 11.3 Å². The van der Waals surface area contributed by atoms with Gasteiger partial charge in [-0.2, -0.15) is 5.10 Å². The molecule has 0 saturated heterocycles. The third-order valence-corrected chi connectivity index (χ3v) is 8.89. The van der Waals surface area contributed by atoms with Crippen molar-refractivity contribution in [1.82, 2.24) is 29.5 Å². The molecule has 0 fully saturated rings. The lowest BCUT2D eigenvalue weighted by Gasteiger charge is -2.33. The van der Waals surface area contributed by atoms with Gasteiger partial charge in [-0.05, 0) is 56.7 Å². The van der Waals surface area contributed by atoms with Gasteiger partial charge >= 0.3 is 0 Å². The molecule has 1 aromatic carbocycles. The van der Waals surface area contributed by atoms with Crippen LogP contribution in [0.4, 0.5) is 8.78 Å². The highest BCUT2D eigenvalue weighted by Gasteiger charge is 2.31. The van der Waals surface area contributed by atoms with E-state index in [0.29, 0.717) is 42.3 Å². The third kappa shape index (κ3) is 5.91. The molecule has 1 unspecified atom stereocenters. The second kappa shape index (κ2) is 13.1. The van der Waals surface area contributed by atoms with Gasteiger partial charge in [0, 0.05) is 59.7 Å². The zero-order valence-electron chi connectivity index (χ0n) is 26.1. The van der Waals surface area contributed by atoms with E-state index in [-0.39, 0.29) is 36.5 Å². The van der Waals surface area contributed by atoms with Crippen molar-refractivity contribution in [3.63, 3.8) is 0 Å².